The molecule has 2 aromatic carbocycles. The first-order valence-corrected chi connectivity index (χ1v) is 9.73. The molecule has 0 unspecified atom stereocenters. The Morgan fingerprint density at radius 1 is 0.667 bits per heavy atom. The van der Waals surface area contributed by atoms with Crippen molar-refractivity contribution in [3.8, 4) is 0 Å². The van der Waals surface area contributed by atoms with Gasteiger partial charge in [-0.05, 0) is 24.3 Å². The fourth-order valence-corrected chi connectivity index (χ4v) is 4.24. The molecule has 0 fully saturated rings. The number of benzene rings is 2. The molecule has 2 amide bonds. The van der Waals surface area contributed by atoms with E-state index in [4.69, 9.17) is 0 Å². The van der Waals surface area contributed by atoms with Crippen molar-refractivity contribution >= 4 is 46.7 Å². The molecule has 24 heavy (non-hydrogen) atoms. The SMILES string of the molecule is O=C1CCSc2ccccc2N1.O=C1CCSc2ccccc2N1. The Hall–Kier alpha value is -1.92. The van der Waals surface area contributed by atoms with Crippen LogP contribution in [0, 0.1) is 0 Å². The zero-order chi connectivity index (χ0) is 16.8. The summed E-state index contributed by atoms with van der Waals surface area (Å²) in [6.45, 7) is 0. The minimum atomic E-state index is 0.118. The van der Waals surface area contributed by atoms with E-state index in [1.807, 2.05) is 48.5 Å². The second kappa shape index (κ2) is 8.26. The Morgan fingerprint density at radius 2 is 1.08 bits per heavy atom. The van der Waals surface area contributed by atoms with E-state index in [-0.39, 0.29) is 11.8 Å². The number of hydrogen-bond acceptors (Lipinski definition) is 4. The van der Waals surface area contributed by atoms with Crippen molar-refractivity contribution < 1.29 is 9.59 Å². The smallest absolute Gasteiger partial charge is 0.225 e. The Kier molecular flexibility index (Phi) is 5.82. The lowest BCUT2D eigenvalue weighted by Gasteiger charge is -2.03. The fraction of sp³-hybridized carbons (Fsp3) is 0.222. The summed E-state index contributed by atoms with van der Waals surface area (Å²) in [6.07, 6.45) is 1.22. The number of thioether (sulfide) groups is 2. The number of carbonyl (C=O) groups excluding carboxylic acids is 2. The predicted octanol–water partition coefficient (Wildman–Crippen LogP) is 4.24. The summed E-state index contributed by atoms with van der Waals surface area (Å²) in [5.41, 5.74) is 1.90. The van der Waals surface area contributed by atoms with E-state index >= 15 is 0 Å². The predicted molar refractivity (Wildman–Crippen MR) is 101 cm³/mol. The summed E-state index contributed by atoms with van der Waals surface area (Å²) in [5.74, 6) is 1.99. The van der Waals surface area contributed by atoms with Crippen molar-refractivity contribution in [3.05, 3.63) is 48.5 Å². The molecule has 4 rings (SSSR count). The molecule has 2 aliphatic heterocycles. The van der Waals surface area contributed by atoms with Crippen molar-refractivity contribution in [2.24, 2.45) is 0 Å². The van der Waals surface area contributed by atoms with Gasteiger partial charge in [0.05, 0.1) is 11.4 Å². The van der Waals surface area contributed by atoms with Crippen molar-refractivity contribution in [1.82, 2.24) is 0 Å². The summed E-state index contributed by atoms with van der Waals surface area (Å²) in [6, 6.07) is 15.8. The molecule has 0 aliphatic carbocycles. The number of para-hydroxylation sites is 2. The minimum absolute atomic E-state index is 0.118. The molecule has 0 saturated carbocycles. The molecule has 6 heteroatoms. The summed E-state index contributed by atoms with van der Waals surface area (Å²) >= 11 is 3.46. The quantitative estimate of drug-likeness (QED) is 0.739. The average Bonchev–Trinajstić information content (AvgIpc) is 2.89. The number of anilines is 2. The first-order chi connectivity index (χ1) is 11.7. The van der Waals surface area contributed by atoms with Crippen LogP contribution >= 0.6 is 23.5 Å². The third-order valence-corrected chi connectivity index (χ3v) is 5.65. The van der Waals surface area contributed by atoms with Gasteiger partial charge in [-0.2, -0.15) is 0 Å². The Bertz CT molecular complexity index is 686. The molecule has 0 saturated heterocycles. The summed E-state index contributed by atoms with van der Waals surface area (Å²) in [4.78, 5) is 24.6. The number of rotatable bonds is 0. The van der Waals surface area contributed by atoms with Crippen LogP contribution in [0.25, 0.3) is 0 Å². The summed E-state index contributed by atoms with van der Waals surface area (Å²) in [5, 5.41) is 5.73. The van der Waals surface area contributed by atoms with Crippen LogP contribution in [0.15, 0.2) is 58.3 Å². The molecule has 2 aliphatic rings. The van der Waals surface area contributed by atoms with E-state index in [1.54, 1.807) is 23.5 Å². The number of nitrogens with one attached hydrogen (secondary N) is 2. The van der Waals surface area contributed by atoms with Crippen molar-refractivity contribution in [2.45, 2.75) is 22.6 Å². The van der Waals surface area contributed by atoms with Crippen LogP contribution in [0.1, 0.15) is 12.8 Å². The van der Waals surface area contributed by atoms with Gasteiger partial charge in [-0.25, -0.2) is 0 Å². The monoisotopic (exact) mass is 358 g/mol. The van der Waals surface area contributed by atoms with Crippen LogP contribution in [-0.4, -0.2) is 23.3 Å². The number of hydrogen-bond donors (Lipinski definition) is 2. The lowest BCUT2D eigenvalue weighted by atomic mass is 10.3. The number of carbonyl (C=O) groups is 2. The average molecular weight is 358 g/mol. The van der Waals surface area contributed by atoms with Gasteiger partial charge in [-0.1, -0.05) is 24.3 Å². The highest BCUT2D eigenvalue weighted by molar-refractivity contribution is 7.99. The van der Waals surface area contributed by atoms with Crippen molar-refractivity contribution in [2.75, 3.05) is 22.1 Å². The van der Waals surface area contributed by atoms with E-state index in [0.717, 1.165) is 22.9 Å². The Balaban J connectivity index is 0.000000141. The normalized spacial score (nSPS) is 16.2. The van der Waals surface area contributed by atoms with Gasteiger partial charge < -0.3 is 10.6 Å². The molecule has 0 bridgehead atoms. The maximum absolute atomic E-state index is 11.1. The topological polar surface area (TPSA) is 58.2 Å². The molecule has 0 aromatic heterocycles. The van der Waals surface area contributed by atoms with Crippen LogP contribution < -0.4 is 10.6 Å². The number of amides is 2. The van der Waals surface area contributed by atoms with E-state index in [9.17, 15) is 9.59 Å². The van der Waals surface area contributed by atoms with Crippen molar-refractivity contribution in [1.29, 1.82) is 0 Å². The largest absolute Gasteiger partial charge is 0.325 e. The standard InChI is InChI=1S/2C9H9NOS/c2*11-9-5-6-12-8-4-2-1-3-7(8)10-9/h2*1-4H,5-6H2,(H,10,11). The van der Waals surface area contributed by atoms with Gasteiger partial charge in [0.15, 0.2) is 0 Å². The minimum Gasteiger partial charge on any atom is -0.325 e. The zero-order valence-corrected chi connectivity index (χ0v) is 14.7. The van der Waals surface area contributed by atoms with Gasteiger partial charge >= 0.3 is 0 Å². The van der Waals surface area contributed by atoms with Gasteiger partial charge in [0.1, 0.15) is 0 Å². The highest BCUT2D eigenvalue weighted by Gasteiger charge is 2.12. The molecule has 0 atom stereocenters. The second-order valence-corrected chi connectivity index (χ2v) is 7.56. The fourth-order valence-electron chi connectivity index (χ4n) is 2.32. The van der Waals surface area contributed by atoms with Crippen molar-refractivity contribution in [3.63, 3.8) is 0 Å². The molecule has 0 radical (unpaired) electrons. The maximum atomic E-state index is 11.1. The maximum Gasteiger partial charge on any atom is 0.225 e. The lowest BCUT2D eigenvalue weighted by molar-refractivity contribution is -0.116. The molecular formula is C18H18N2O2S2. The van der Waals surface area contributed by atoms with E-state index in [2.05, 4.69) is 10.6 Å². The van der Waals surface area contributed by atoms with Gasteiger partial charge in [0.25, 0.3) is 0 Å². The van der Waals surface area contributed by atoms with E-state index in [0.29, 0.717) is 12.8 Å². The third-order valence-electron chi connectivity index (χ3n) is 3.50. The molecule has 0 spiro atoms. The zero-order valence-electron chi connectivity index (χ0n) is 13.1. The second-order valence-electron chi connectivity index (χ2n) is 5.29. The number of fused-ring (bicyclic) bond motifs is 2. The van der Waals surface area contributed by atoms with Crippen LogP contribution in [0.3, 0.4) is 0 Å². The Morgan fingerprint density at radius 3 is 1.54 bits per heavy atom. The van der Waals surface area contributed by atoms with E-state index in [1.165, 1.54) is 9.79 Å². The van der Waals surface area contributed by atoms with Crippen LogP contribution in [0.2, 0.25) is 0 Å². The molecule has 2 N–H and O–H groups in total. The first-order valence-electron chi connectivity index (χ1n) is 7.76. The third kappa shape index (κ3) is 4.55. The first kappa shape index (κ1) is 16.9. The highest BCUT2D eigenvalue weighted by atomic mass is 32.2. The van der Waals surface area contributed by atoms with Gasteiger partial charge in [-0.3, -0.25) is 9.59 Å². The molecule has 4 nitrogen and oxygen atoms in total. The summed E-state index contributed by atoms with van der Waals surface area (Å²) in [7, 11) is 0. The molecule has 2 heterocycles. The van der Waals surface area contributed by atoms with Crippen LogP contribution in [-0.2, 0) is 9.59 Å². The van der Waals surface area contributed by atoms with Crippen LogP contribution in [0.4, 0.5) is 11.4 Å². The van der Waals surface area contributed by atoms with E-state index < -0.39 is 0 Å². The molecule has 2 aromatic rings. The van der Waals surface area contributed by atoms with Gasteiger partial charge in [0, 0.05) is 34.1 Å². The Labute approximate surface area is 149 Å². The lowest BCUT2D eigenvalue weighted by Crippen LogP contribution is -2.09. The summed E-state index contributed by atoms with van der Waals surface area (Å²) < 4.78 is 0. The molecular weight excluding hydrogens is 340 g/mol. The van der Waals surface area contributed by atoms with Crippen LogP contribution in [0.5, 0.6) is 0 Å². The highest BCUT2D eigenvalue weighted by Crippen LogP contribution is 2.30. The van der Waals surface area contributed by atoms with Gasteiger partial charge in [-0.15, -0.1) is 23.5 Å². The van der Waals surface area contributed by atoms with Gasteiger partial charge in [0.2, 0.25) is 11.8 Å². The molecule has 124 valence electrons.